The molecule has 1 heterocycles. The Morgan fingerprint density at radius 2 is 1.17 bits per heavy atom. The Morgan fingerprint density at radius 3 is 1.64 bits per heavy atom. The smallest absolute Gasteiger partial charge is 0.325 e. The minimum Gasteiger partial charge on any atom is -0.325 e. The molecule has 0 fully saturated rings. The van der Waals surface area contributed by atoms with Crippen LogP contribution in [0.4, 0.5) is 64.3 Å². The summed E-state index contributed by atoms with van der Waals surface area (Å²) in [6.07, 6.45) is -20.7. The Hall–Kier alpha value is -3.72. The molecular formula is C20H9F12N3O. The first-order chi connectivity index (χ1) is 16.3. The van der Waals surface area contributed by atoms with Crippen molar-refractivity contribution in [1.82, 2.24) is 9.55 Å². The van der Waals surface area contributed by atoms with Gasteiger partial charge in [0.25, 0.3) is 5.56 Å². The molecule has 0 atom stereocenters. The van der Waals surface area contributed by atoms with Crippen LogP contribution in [0, 0.1) is 0 Å². The van der Waals surface area contributed by atoms with Crippen molar-refractivity contribution in [1.29, 1.82) is 0 Å². The van der Waals surface area contributed by atoms with E-state index in [2.05, 4.69) is 4.98 Å². The maximum Gasteiger partial charge on any atom is 0.433 e. The van der Waals surface area contributed by atoms with Gasteiger partial charge in [-0.15, -0.1) is 0 Å². The predicted molar refractivity (Wildman–Crippen MR) is 99.6 cm³/mol. The largest absolute Gasteiger partial charge is 0.433 e. The maximum absolute atomic E-state index is 13.5. The second kappa shape index (κ2) is 8.74. The summed E-state index contributed by atoms with van der Waals surface area (Å²) in [6, 6.07) is 2.27. The van der Waals surface area contributed by atoms with Crippen molar-refractivity contribution in [2.75, 3.05) is 5.32 Å². The maximum atomic E-state index is 13.5. The normalized spacial score (nSPS) is 13.1. The molecular weight excluding hydrogens is 526 g/mol. The molecule has 0 spiro atoms. The third kappa shape index (κ3) is 5.73. The molecule has 3 aromatic rings. The van der Waals surface area contributed by atoms with E-state index in [4.69, 9.17) is 0 Å². The van der Waals surface area contributed by atoms with Crippen LogP contribution in [-0.2, 0) is 24.7 Å². The Labute approximate surface area is 191 Å². The first-order valence-electron chi connectivity index (χ1n) is 9.23. The van der Waals surface area contributed by atoms with Gasteiger partial charge >= 0.3 is 24.7 Å². The highest BCUT2D eigenvalue weighted by molar-refractivity contribution is 5.62. The van der Waals surface area contributed by atoms with Gasteiger partial charge < -0.3 is 5.32 Å². The summed E-state index contributed by atoms with van der Waals surface area (Å²) < 4.78 is 157. The molecule has 2 aromatic carbocycles. The third-order valence-electron chi connectivity index (χ3n) is 4.56. The fraction of sp³-hybridized carbons (Fsp3) is 0.200. The van der Waals surface area contributed by atoms with Crippen molar-refractivity contribution in [3.8, 4) is 5.69 Å². The van der Waals surface area contributed by atoms with Crippen LogP contribution in [0.2, 0.25) is 0 Å². The Kier molecular flexibility index (Phi) is 6.53. The van der Waals surface area contributed by atoms with E-state index >= 15 is 0 Å². The monoisotopic (exact) mass is 535 g/mol. The summed E-state index contributed by atoms with van der Waals surface area (Å²) >= 11 is 0. The number of aromatic nitrogens is 2. The lowest BCUT2D eigenvalue weighted by Gasteiger charge is -2.20. The molecule has 0 aliphatic heterocycles. The van der Waals surface area contributed by atoms with Gasteiger partial charge in [-0.1, -0.05) is 0 Å². The Balaban J connectivity index is 2.24. The van der Waals surface area contributed by atoms with Gasteiger partial charge in [0.05, 0.1) is 28.1 Å². The van der Waals surface area contributed by atoms with Gasteiger partial charge in [-0.3, -0.25) is 4.79 Å². The van der Waals surface area contributed by atoms with Gasteiger partial charge in [0.15, 0.2) is 5.69 Å². The van der Waals surface area contributed by atoms with Crippen LogP contribution in [0.1, 0.15) is 22.4 Å². The number of rotatable bonds is 3. The molecule has 1 N–H and O–H groups in total. The van der Waals surface area contributed by atoms with E-state index in [1.165, 1.54) is 0 Å². The standard InChI is InChI=1S/C20H9F12N3O/c21-17(22,23)9-1-4-11(5-2-9)35-15(36)8-14(20(30,31)32)34-16(35)33-13-6-3-10(18(24,25)26)7-12(13)19(27,28)29/h1-8H,(H,33,34). The first kappa shape index (κ1) is 26.9. The molecule has 0 radical (unpaired) electrons. The van der Waals surface area contributed by atoms with Crippen LogP contribution in [0.3, 0.4) is 0 Å². The molecule has 0 aliphatic carbocycles. The van der Waals surface area contributed by atoms with Crippen molar-refractivity contribution < 1.29 is 52.7 Å². The fourth-order valence-electron chi connectivity index (χ4n) is 2.94. The van der Waals surface area contributed by atoms with E-state index in [1.807, 2.05) is 0 Å². The van der Waals surface area contributed by atoms with E-state index in [0.717, 1.165) is 0 Å². The zero-order chi connectivity index (χ0) is 27.3. The van der Waals surface area contributed by atoms with Crippen LogP contribution >= 0.6 is 0 Å². The molecule has 1 aromatic heterocycles. The van der Waals surface area contributed by atoms with E-state index in [1.54, 1.807) is 5.32 Å². The SMILES string of the molecule is O=c1cc(C(F)(F)F)nc(Nc2ccc(C(F)(F)F)cc2C(F)(F)F)n1-c1ccc(C(F)(F)F)cc1. The summed E-state index contributed by atoms with van der Waals surface area (Å²) in [6.45, 7) is 0. The molecule has 0 aliphatic rings. The van der Waals surface area contributed by atoms with Crippen LogP contribution in [0.25, 0.3) is 5.69 Å². The number of alkyl halides is 12. The number of nitrogens with one attached hydrogen (secondary N) is 1. The van der Waals surface area contributed by atoms with Gasteiger partial charge in [-0.05, 0) is 42.5 Å². The number of halogens is 12. The lowest BCUT2D eigenvalue weighted by atomic mass is 10.1. The second-order valence-electron chi connectivity index (χ2n) is 7.06. The molecule has 0 amide bonds. The molecule has 16 heteroatoms. The Bertz CT molecular complexity index is 1320. The van der Waals surface area contributed by atoms with Crippen molar-refractivity contribution in [2.45, 2.75) is 24.7 Å². The van der Waals surface area contributed by atoms with Crippen LogP contribution in [-0.4, -0.2) is 9.55 Å². The highest BCUT2D eigenvalue weighted by Gasteiger charge is 2.39. The average Bonchev–Trinajstić information content (AvgIpc) is 2.71. The average molecular weight is 535 g/mol. The second-order valence-corrected chi connectivity index (χ2v) is 7.06. The minimum absolute atomic E-state index is 0.0553. The number of hydrogen-bond donors (Lipinski definition) is 1. The quantitative estimate of drug-likeness (QED) is 0.366. The lowest BCUT2D eigenvalue weighted by Crippen LogP contribution is -2.26. The summed E-state index contributed by atoms with van der Waals surface area (Å²) in [7, 11) is 0. The first-order valence-corrected chi connectivity index (χ1v) is 9.23. The van der Waals surface area contributed by atoms with Crippen molar-refractivity contribution in [3.63, 3.8) is 0 Å². The summed E-state index contributed by atoms with van der Waals surface area (Å²) in [4.78, 5) is 15.5. The highest BCUT2D eigenvalue weighted by atomic mass is 19.4. The lowest BCUT2D eigenvalue weighted by molar-refractivity contribution is -0.143. The topological polar surface area (TPSA) is 46.9 Å². The van der Waals surface area contributed by atoms with Gasteiger partial charge in [-0.2, -0.15) is 52.7 Å². The summed E-state index contributed by atoms with van der Waals surface area (Å²) in [5, 5.41) is 1.77. The molecule has 0 saturated heterocycles. The van der Waals surface area contributed by atoms with Crippen LogP contribution in [0.5, 0.6) is 0 Å². The minimum atomic E-state index is -5.44. The number of nitrogens with zero attached hydrogens (tertiary/aromatic N) is 2. The van der Waals surface area contributed by atoms with Crippen molar-refractivity contribution >= 4 is 11.6 Å². The van der Waals surface area contributed by atoms with Gasteiger partial charge in [0.2, 0.25) is 5.95 Å². The van der Waals surface area contributed by atoms with E-state index in [-0.39, 0.29) is 28.8 Å². The van der Waals surface area contributed by atoms with Crippen LogP contribution < -0.4 is 10.9 Å². The number of hydrogen-bond acceptors (Lipinski definition) is 3. The van der Waals surface area contributed by atoms with Crippen molar-refractivity contribution in [3.05, 3.63) is 81.3 Å². The molecule has 0 saturated carbocycles. The molecule has 0 bridgehead atoms. The summed E-state index contributed by atoms with van der Waals surface area (Å²) in [5.74, 6) is -1.25. The van der Waals surface area contributed by atoms with E-state index in [9.17, 15) is 57.5 Å². The number of anilines is 2. The zero-order valence-corrected chi connectivity index (χ0v) is 17.0. The third-order valence-corrected chi connectivity index (χ3v) is 4.56. The molecule has 0 unspecified atom stereocenters. The van der Waals surface area contributed by atoms with E-state index < -0.39 is 70.0 Å². The zero-order valence-electron chi connectivity index (χ0n) is 17.0. The van der Waals surface area contributed by atoms with Gasteiger partial charge in [0.1, 0.15) is 0 Å². The number of benzene rings is 2. The van der Waals surface area contributed by atoms with Crippen molar-refractivity contribution in [2.24, 2.45) is 0 Å². The molecule has 3 rings (SSSR count). The predicted octanol–water partition coefficient (Wildman–Crippen LogP) is 7.05. The van der Waals surface area contributed by atoms with Crippen LogP contribution in [0.15, 0.2) is 53.3 Å². The van der Waals surface area contributed by atoms with Gasteiger partial charge in [0, 0.05) is 6.07 Å². The fourth-order valence-corrected chi connectivity index (χ4v) is 2.94. The molecule has 194 valence electrons. The molecule has 36 heavy (non-hydrogen) atoms. The summed E-state index contributed by atoms with van der Waals surface area (Å²) in [5.41, 5.74) is -10.1. The van der Waals surface area contributed by atoms with Gasteiger partial charge in [-0.25, -0.2) is 9.55 Å². The molecule has 4 nitrogen and oxygen atoms in total. The Morgan fingerprint density at radius 1 is 0.639 bits per heavy atom. The van der Waals surface area contributed by atoms with E-state index in [0.29, 0.717) is 24.3 Å². The highest BCUT2D eigenvalue weighted by Crippen LogP contribution is 2.40.